The number of anilines is 2. The summed E-state index contributed by atoms with van der Waals surface area (Å²) >= 11 is 6.13. The van der Waals surface area contributed by atoms with Crippen LogP contribution >= 0.6 is 11.6 Å². The minimum Gasteiger partial charge on any atom is -0.366 e. The van der Waals surface area contributed by atoms with Crippen molar-refractivity contribution >= 4 is 44.8 Å². The van der Waals surface area contributed by atoms with Crippen molar-refractivity contribution in [3.05, 3.63) is 130 Å². The molecule has 9 nitrogen and oxygen atoms in total. The minimum absolute atomic E-state index is 0. The quantitative estimate of drug-likeness (QED) is 0.236. The first kappa shape index (κ1) is 34.5. The smallest absolute Gasteiger partial charge is 0.245 e. The number of piperazine rings is 1. The van der Waals surface area contributed by atoms with Crippen LogP contribution in [0.3, 0.4) is 0 Å². The van der Waals surface area contributed by atoms with Crippen molar-refractivity contribution in [1.29, 1.82) is 0 Å². The first-order valence-corrected chi connectivity index (χ1v) is 18.9. The Labute approximate surface area is 295 Å². The molecule has 6 rings (SSSR count). The third-order valence-corrected chi connectivity index (χ3v) is 10.7. The van der Waals surface area contributed by atoms with Gasteiger partial charge in [-0.3, -0.25) is 13.9 Å². The summed E-state index contributed by atoms with van der Waals surface area (Å²) in [5.74, 6) is -0.348. The van der Waals surface area contributed by atoms with Gasteiger partial charge in [0.25, 0.3) is 0 Å². The Morgan fingerprint density at radius 3 is 2.24 bits per heavy atom. The number of halogens is 1. The van der Waals surface area contributed by atoms with E-state index in [2.05, 4.69) is 21.6 Å². The van der Waals surface area contributed by atoms with E-state index in [0.717, 1.165) is 22.4 Å². The predicted octanol–water partition coefficient (Wildman–Crippen LogP) is 4.69. The van der Waals surface area contributed by atoms with Crippen LogP contribution in [-0.2, 0) is 45.4 Å². The third-order valence-electron chi connectivity index (χ3n) is 9.29. The van der Waals surface area contributed by atoms with Gasteiger partial charge in [0.1, 0.15) is 6.04 Å². The largest absolute Gasteiger partial charge is 0.366 e. The number of sulfonamides is 1. The zero-order valence-electron chi connectivity index (χ0n) is 27.6. The van der Waals surface area contributed by atoms with Crippen LogP contribution in [0.2, 0.25) is 5.02 Å². The Hall–Kier alpha value is -4.38. The Morgan fingerprint density at radius 1 is 0.878 bits per heavy atom. The molecule has 2 amide bonds. The van der Waals surface area contributed by atoms with Gasteiger partial charge in [-0.15, -0.1) is 0 Å². The monoisotopic (exact) mass is 701 g/mol. The van der Waals surface area contributed by atoms with E-state index in [4.69, 9.17) is 11.6 Å². The van der Waals surface area contributed by atoms with Gasteiger partial charge in [0.15, 0.2) is 0 Å². The van der Waals surface area contributed by atoms with Gasteiger partial charge in [0, 0.05) is 52.1 Å². The molecular weight excluding hydrogens is 658 g/mol. The summed E-state index contributed by atoms with van der Waals surface area (Å²) in [4.78, 5) is 31.6. The molecule has 1 fully saturated rings. The lowest BCUT2D eigenvalue weighted by atomic mass is 9.95. The molecule has 2 atom stereocenters. The van der Waals surface area contributed by atoms with Crippen LogP contribution in [0, 0.1) is 0 Å². The predicted molar refractivity (Wildman–Crippen MR) is 198 cm³/mol. The Morgan fingerprint density at radius 2 is 1.53 bits per heavy atom. The highest BCUT2D eigenvalue weighted by Crippen LogP contribution is 2.32. The van der Waals surface area contributed by atoms with E-state index >= 15 is 0 Å². The molecule has 0 bridgehead atoms. The van der Waals surface area contributed by atoms with Gasteiger partial charge in [-0.2, -0.15) is 0 Å². The second kappa shape index (κ2) is 15.4. The van der Waals surface area contributed by atoms with Gasteiger partial charge in [0.05, 0.1) is 23.7 Å². The Kier molecular flexibility index (Phi) is 10.9. The van der Waals surface area contributed by atoms with E-state index in [1.54, 1.807) is 17.0 Å². The molecule has 2 heterocycles. The molecule has 0 radical (unpaired) electrons. The maximum Gasteiger partial charge on any atom is 0.245 e. The maximum atomic E-state index is 14.1. The van der Waals surface area contributed by atoms with E-state index in [1.807, 2.05) is 84.9 Å². The molecule has 2 aliphatic rings. The number of benzene rings is 4. The van der Waals surface area contributed by atoms with Crippen LogP contribution in [0.1, 0.15) is 23.7 Å². The average Bonchev–Trinajstić information content (AvgIpc) is 3.12. The molecule has 4 aromatic rings. The highest BCUT2D eigenvalue weighted by Gasteiger charge is 2.33. The van der Waals surface area contributed by atoms with Crippen LogP contribution < -0.4 is 19.8 Å². The number of rotatable bonds is 11. The van der Waals surface area contributed by atoms with Gasteiger partial charge in [-0.25, -0.2) is 8.42 Å². The summed E-state index contributed by atoms with van der Waals surface area (Å²) in [5, 5.41) is 7.01. The van der Waals surface area contributed by atoms with Gasteiger partial charge in [-0.1, -0.05) is 90.5 Å². The molecule has 0 spiro atoms. The van der Waals surface area contributed by atoms with E-state index < -0.39 is 22.1 Å². The highest BCUT2D eigenvalue weighted by atomic mass is 35.5. The summed E-state index contributed by atoms with van der Waals surface area (Å²) in [7, 11) is -3.57. The standard InChI is InChI=1S/C38H42ClN5O4S.H2/c1-49(47,48)44(20-19-28-9-3-2-4-10-28)36-14-8-7-13-35(36)42-21-23-43(24-22-42)38(46)34(25-29-15-17-32(39)18-16-29)41-37(45)33-26-30-11-5-6-12-31(30)27-40-33;/h2-18,33-34,40H,19-27H2,1H3,(H,41,45);1H/t33-,34+;/m0./s1. The zero-order chi connectivity index (χ0) is 34.4. The number of para-hydroxylation sites is 2. The topological polar surface area (TPSA) is 102 Å². The Balaban J connectivity index is 0.00000486. The fraction of sp³-hybridized carbons (Fsp3) is 0.316. The van der Waals surface area contributed by atoms with E-state index in [1.165, 1.54) is 16.1 Å². The first-order valence-electron chi connectivity index (χ1n) is 16.6. The molecule has 1 saturated heterocycles. The number of carbonyl (C=O) groups excluding carboxylic acids is 2. The van der Waals surface area contributed by atoms with Gasteiger partial charge < -0.3 is 20.4 Å². The molecule has 258 valence electrons. The van der Waals surface area contributed by atoms with Crippen LogP contribution in [-0.4, -0.2) is 76.2 Å². The number of nitrogens with zero attached hydrogens (tertiary/aromatic N) is 3. The van der Waals surface area contributed by atoms with Crippen molar-refractivity contribution in [2.75, 3.05) is 48.2 Å². The highest BCUT2D eigenvalue weighted by molar-refractivity contribution is 7.92. The first-order chi connectivity index (χ1) is 23.7. The summed E-state index contributed by atoms with van der Waals surface area (Å²) < 4.78 is 27.6. The molecule has 0 saturated carbocycles. The molecule has 4 aromatic carbocycles. The normalized spacial score (nSPS) is 16.8. The van der Waals surface area contributed by atoms with Crippen LogP contribution in [0.15, 0.2) is 103 Å². The lowest BCUT2D eigenvalue weighted by Crippen LogP contribution is -2.58. The second-order valence-corrected chi connectivity index (χ2v) is 15.0. The fourth-order valence-electron chi connectivity index (χ4n) is 6.64. The number of hydrogen-bond acceptors (Lipinski definition) is 6. The second-order valence-electron chi connectivity index (χ2n) is 12.7. The maximum absolute atomic E-state index is 14.1. The third kappa shape index (κ3) is 8.62. The zero-order valence-corrected chi connectivity index (χ0v) is 29.2. The van der Waals surface area contributed by atoms with Crippen LogP contribution in [0.4, 0.5) is 11.4 Å². The number of amides is 2. The number of nitrogens with one attached hydrogen (secondary N) is 2. The van der Waals surface area contributed by atoms with Crippen molar-refractivity contribution in [3.8, 4) is 0 Å². The summed E-state index contributed by atoms with van der Waals surface area (Å²) in [6.07, 6.45) is 2.70. The van der Waals surface area contributed by atoms with Crippen LogP contribution in [0.5, 0.6) is 0 Å². The lowest BCUT2D eigenvalue weighted by molar-refractivity contribution is -0.137. The van der Waals surface area contributed by atoms with Gasteiger partial charge >= 0.3 is 0 Å². The van der Waals surface area contributed by atoms with Gasteiger partial charge in [0.2, 0.25) is 21.8 Å². The number of carbonyl (C=O) groups is 2. The molecule has 0 aliphatic carbocycles. The van der Waals surface area contributed by atoms with E-state index in [9.17, 15) is 18.0 Å². The van der Waals surface area contributed by atoms with E-state index in [0.29, 0.717) is 69.2 Å². The molecule has 49 heavy (non-hydrogen) atoms. The Bertz CT molecular complexity index is 1870. The number of fused-ring (bicyclic) bond motifs is 1. The summed E-state index contributed by atoms with van der Waals surface area (Å²) in [6.45, 7) is 2.79. The molecule has 2 N–H and O–H groups in total. The lowest BCUT2D eigenvalue weighted by Gasteiger charge is -2.39. The summed E-state index contributed by atoms with van der Waals surface area (Å²) in [6, 6.07) is 31.6. The number of hydrogen-bond donors (Lipinski definition) is 2. The summed E-state index contributed by atoms with van der Waals surface area (Å²) in [5.41, 5.74) is 5.69. The molecule has 0 unspecified atom stereocenters. The molecular formula is C38H44ClN5O4S. The minimum atomic E-state index is -3.57. The van der Waals surface area contributed by atoms with Crippen molar-refractivity contribution in [2.45, 2.75) is 37.9 Å². The van der Waals surface area contributed by atoms with Crippen molar-refractivity contribution in [1.82, 2.24) is 15.5 Å². The SMILES string of the molecule is CS(=O)(=O)N(CCc1ccccc1)c1ccccc1N1CCN(C(=O)[C@@H](Cc2ccc(Cl)cc2)NC(=O)[C@@H]2Cc3ccccc3CN2)CC1.[HH]. The van der Waals surface area contributed by atoms with Crippen LogP contribution in [0.25, 0.3) is 0 Å². The fourth-order valence-corrected chi connectivity index (χ4v) is 7.70. The average molecular weight is 702 g/mol. The van der Waals surface area contributed by atoms with Gasteiger partial charge in [-0.05, 0) is 59.4 Å². The molecule has 2 aliphatic heterocycles. The van der Waals surface area contributed by atoms with E-state index in [-0.39, 0.29) is 13.2 Å². The van der Waals surface area contributed by atoms with Crippen molar-refractivity contribution < 1.29 is 19.4 Å². The molecule has 0 aromatic heterocycles. The molecule has 11 heteroatoms. The van der Waals surface area contributed by atoms with Crippen molar-refractivity contribution in [3.63, 3.8) is 0 Å². The van der Waals surface area contributed by atoms with Crippen molar-refractivity contribution in [2.24, 2.45) is 0 Å².